The van der Waals surface area contributed by atoms with Gasteiger partial charge < -0.3 is 4.90 Å². The van der Waals surface area contributed by atoms with Crippen LogP contribution in [-0.4, -0.2) is 42.1 Å². The van der Waals surface area contributed by atoms with Crippen LogP contribution >= 0.6 is 0 Å². The molecule has 1 aliphatic rings. The molecule has 0 spiro atoms. The molecule has 0 radical (unpaired) electrons. The van der Waals surface area contributed by atoms with Gasteiger partial charge in [0.1, 0.15) is 5.69 Å². The van der Waals surface area contributed by atoms with Crippen molar-refractivity contribution in [1.82, 2.24) is 29.6 Å². The third-order valence-corrected chi connectivity index (χ3v) is 5.97. The summed E-state index contributed by atoms with van der Waals surface area (Å²) in [4.78, 5) is 27.4. The summed E-state index contributed by atoms with van der Waals surface area (Å²) < 4.78 is 40.9. The summed E-state index contributed by atoms with van der Waals surface area (Å²) in [6, 6.07) is 10.4. The Bertz CT molecular complexity index is 1410. The lowest BCUT2D eigenvalue weighted by molar-refractivity contribution is -0.137. The van der Waals surface area contributed by atoms with Crippen molar-refractivity contribution in [2.75, 3.05) is 6.54 Å². The topological polar surface area (TPSA) is 76.8 Å². The van der Waals surface area contributed by atoms with Crippen molar-refractivity contribution in [3.8, 4) is 22.8 Å². The number of aromatic nitrogens is 5. The SMILES string of the molecule is C=CC(=O)N1CCc2c(nc(-c3ccc(C(F)(F)F)cc3)nc2-c2ccn(Cc3cccnc3)n2)C1. The molecule has 1 aliphatic heterocycles. The van der Waals surface area contributed by atoms with Crippen LogP contribution in [-0.2, 0) is 30.5 Å². The Balaban J connectivity index is 1.55. The Hall–Kier alpha value is -4.34. The second kappa shape index (κ2) is 9.37. The van der Waals surface area contributed by atoms with E-state index in [9.17, 15) is 18.0 Å². The van der Waals surface area contributed by atoms with E-state index < -0.39 is 11.7 Å². The number of benzene rings is 1. The zero-order chi connectivity index (χ0) is 25.3. The smallest absolute Gasteiger partial charge is 0.333 e. The van der Waals surface area contributed by atoms with Crippen LogP contribution < -0.4 is 0 Å². The van der Waals surface area contributed by atoms with Crippen LogP contribution in [0.4, 0.5) is 13.2 Å². The molecule has 0 atom stereocenters. The monoisotopic (exact) mass is 490 g/mol. The number of amides is 1. The third-order valence-electron chi connectivity index (χ3n) is 5.97. The molecule has 0 saturated carbocycles. The molecule has 0 unspecified atom stereocenters. The van der Waals surface area contributed by atoms with Gasteiger partial charge in [0.05, 0.1) is 30.0 Å². The average molecular weight is 490 g/mol. The number of nitrogens with zero attached hydrogens (tertiary/aromatic N) is 6. The molecule has 5 rings (SSSR count). The zero-order valence-electron chi connectivity index (χ0n) is 19.1. The van der Waals surface area contributed by atoms with Gasteiger partial charge in [-0.2, -0.15) is 18.3 Å². The molecule has 1 amide bonds. The van der Waals surface area contributed by atoms with Crippen LogP contribution in [0.25, 0.3) is 22.8 Å². The molecule has 4 aromatic rings. The second-order valence-electron chi connectivity index (χ2n) is 8.37. The number of rotatable bonds is 5. The van der Waals surface area contributed by atoms with Gasteiger partial charge in [0, 0.05) is 36.3 Å². The molecule has 0 N–H and O–H groups in total. The summed E-state index contributed by atoms with van der Waals surface area (Å²) in [6.45, 7) is 4.80. The molecule has 10 heteroatoms. The molecular weight excluding hydrogens is 469 g/mol. The van der Waals surface area contributed by atoms with Gasteiger partial charge in [-0.1, -0.05) is 24.8 Å². The Labute approximate surface area is 205 Å². The lowest BCUT2D eigenvalue weighted by atomic mass is 10.00. The van der Waals surface area contributed by atoms with Gasteiger partial charge in [-0.25, -0.2) is 9.97 Å². The summed E-state index contributed by atoms with van der Waals surface area (Å²) in [6.07, 6.45) is 2.64. The largest absolute Gasteiger partial charge is 0.416 e. The molecule has 0 aliphatic carbocycles. The van der Waals surface area contributed by atoms with E-state index in [1.807, 2.05) is 24.4 Å². The van der Waals surface area contributed by atoms with Crippen LogP contribution in [0.3, 0.4) is 0 Å². The molecule has 3 aromatic heterocycles. The first-order valence-electron chi connectivity index (χ1n) is 11.2. The number of carbonyl (C=O) groups is 1. The molecule has 4 heterocycles. The Morgan fingerprint density at radius 3 is 2.61 bits per heavy atom. The first-order valence-corrected chi connectivity index (χ1v) is 11.2. The fraction of sp³-hybridized carbons (Fsp3) is 0.192. The normalized spacial score (nSPS) is 13.4. The molecule has 182 valence electrons. The molecule has 0 bridgehead atoms. The van der Waals surface area contributed by atoms with Crippen LogP contribution in [0.15, 0.2) is 73.7 Å². The van der Waals surface area contributed by atoms with E-state index in [2.05, 4.69) is 21.6 Å². The maximum Gasteiger partial charge on any atom is 0.416 e. The molecular formula is C26H21F3N6O. The number of hydrogen-bond acceptors (Lipinski definition) is 5. The summed E-state index contributed by atoms with van der Waals surface area (Å²) in [5, 5.41) is 4.69. The number of pyridine rings is 1. The summed E-state index contributed by atoms with van der Waals surface area (Å²) >= 11 is 0. The minimum absolute atomic E-state index is 0.211. The van der Waals surface area contributed by atoms with E-state index in [1.54, 1.807) is 22.0 Å². The Morgan fingerprint density at radius 2 is 1.92 bits per heavy atom. The van der Waals surface area contributed by atoms with Gasteiger partial charge in [-0.3, -0.25) is 14.5 Å². The first-order chi connectivity index (χ1) is 17.3. The van der Waals surface area contributed by atoms with E-state index >= 15 is 0 Å². The van der Waals surface area contributed by atoms with Crippen molar-refractivity contribution in [2.45, 2.75) is 25.7 Å². The highest BCUT2D eigenvalue weighted by Crippen LogP contribution is 2.33. The van der Waals surface area contributed by atoms with Gasteiger partial charge in [0.15, 0.2) is 5.82 Å². The van der Waals surface area contributed by atoms with E-state index in [-0.39, 0.29) is 18.3 Å². The third kappa shape index (κ3) is 4.74. The van der Waals surface area contributed by atoms with Crippen LogP contribution in [0.5, 0.6) is 0 Å². The van der Waals surface area contributed by atoms with Gasteiger partial charge in [-0.15, -0.1) is 0 Å². The van der Waals surface area contributed by atoms with Gasteiger partial charge in [0.25, 0.3) is 0 Å². The van der Waals surface area contributed by atoms with Crippen molar-refractivity contribution in [2.24, 2.45) is 0 Å². The quantitative estimate of drug-likeness (QED) is 0.384. The summed E-state index contributed by atoms with van der Waals surface area (Å²) in [5.74, 6) is 0.0600. The molecule has 0 fully saturated rings. The van der Waals surface area contributed by atoms with Crippen molar-refractivity contribution < 1.29 is 18.0 Å². The second-order valence-corrected chi connectivity index (χ2v) is 8.37. The van der Waals surface area contributed by atoms with Gasteiger partial charge in [0.2, 0.25) is 5.91 Å². The van der Waals surface area contributed by atoms with Gasteiger partial charge in [-0.05, 0) is 42.3 Å². The highest BCUT2D eigenvalue weighted by Gasteiger charge is 2.30. The predicted molar refractivity (Wildman–Crippen MR) is 126 cm³/mol. The molecule has 36 heavy (non-hydrogen) atoms. The lowest BCUT2D eigenvalue weighted by Crippen LogP contribution is -2.35. The lowest BCUT2D eigenvalue weighted by Gasteiger charge is -2.28. The highest BCUT2D eigenvalue weighted by molar-refractivity contribution is 5.87. The highest BCUT2D eigenvalue weighted by atomic mass is 19.4. The van der Waals surface area contributed by atoms with Crippen molar-refractivity contribution >= 4 is 5.91 Å². The van der Waals surface area contributed by atoms with Gasteiger partial charge >= 0.3 is 6.18 Å². The average Bonchev–Trinajstić information content (AvgIpc) is 3.35. The number of halogens is 3. The molecule has 0 saturated heterocycles. The molecule has 1 aromatic carbocycles. The van der Waals surface area contributed by atoms with Crippen LogP contribution in [0.2, 0.25) is 0 Å². The Morgan fingerprint density at radius 1 is 1.11 bits per heavy atom. The van der Waals surface area contributed by atoms with E-state index in [0.717, 1.165) is 23.3 Å². The van der Waals surface area contributed by atoms with E-state index in [1.165, 1.54) is 18.2 Å². The van der Waals surface area contributed by atoms with E-state index in [0.29, 0.717) is 42.2 Å². The summed E-state index contributed by atoms with van der Waals surface area (Å²) in [7, 11) is 0. The first kappa shape index (κ1) is 23.4. The maximum atomic E-state index is 13.1. The van der Waals surface area contributed by atoms with Crippen LogP contribution in [0.1, 0.15) is 22.4 Å². The number of carbonyl (C=O) groups excluding carboxylic acids is 1. The van der Waals surface area contributed by atoms with Crippen molar-refractivity contribution in [3.63, 3.8) is 0 Å². The fourth-order valence-electron chi connectivity index (χ4n) is 4.15. The maximum absolute atomic E-state index is 13.1. The number of hydrogen-bond donors (Lipinski definition) is 0. The molecule has 7 nitrogen and oxygen atoms in total. The number of fused-ring (bicyclic) bond motifs is 1. The van der Waals surface area contributed by atoms with Crippen molar-refractivity contribution in [1.29, 1.82) is 0 Å². The Kier molecular flexibility index (Phi) is 6.09. The van der Waals surface area contributed by atoms with Crippen LogP contribution in [0, 0.1) is 0 Å². The predicted octanol–water partition coefficient (Wildman–Crippen LogP) is 4.54. The van der Waals surface area contributed by atoms with Crippen molar-refractivity contribution in [3.05, 3.63) is 96.1 Å². The number of alkyl halides is 3. The minimum atomic E-state index is -4.44. The van der Waals surface area contributed by atoms with E-state index in [4.69, 9.17) is 4.98 Å². The fourth-order valence-corrected chi connectivity index (χ4v) is 4.15. The minimum Gasteiger partial charge on any atom is -0.333 e. The standard InChI is InChI=1S/C26H21F3N6O/c1-2-23(36)34-12-9-20-22(16-34)31-25(18-5-7-19(8-6-18)26(27,28)29)32-24(20)21-10-13-35(33-21)15-17-4-3-11-30-14-17/h2-8,10-11,13-14H,1,9,12,15-16H2. The zero-order valence-corrected chi connectivity index (χ0v) is 19.1. The summed E-state index contributed by atoms with van der Waals surface area (Å²) in [5.41, 5.74) is 3.40.